The van der Waals surface area contributed by atoms with Crippen LogP contribution in [0.3, 0.4) is 0 Å². The molecule has 1 saturated heterocycles. The van der Waals surface area contributed by atoms with Crippen molar-refractivity contribution in [3.05, 3.63) is 0 Å². The van der Waals surface area contributed by atoms with E-state index in [1.165, 1.54) is 38.5 Å². The lowest BCUT2D eigenvalue weighted by atomic mass is 9.44. The van der Waals surface area contributed by atoms with Crippen molar-refractivity contribution in [2.45, 2.75) is 58.4 Å². The third-order valence-corrected chi connectivity index (χ3v) is 6.57. The van der Waals surface area contributed by atoms with E-state index in [1.54, 1.807) is 0 Å². The molecule has 0 aromatic heterocycles. The molecule has 0 spiro atoms. The van der Waals surface area contributed by atoms with Gasteiger partial charge >= 0.3 is 0 Å². The van der Waals surface area contributed by atoms with Crippen LogP contribution >= 0.6 is 0 Å². The predicted octanol–water partition coefficient (Wildman–Crippen LogP) is 2.41. The largest absolute Gasteiger partial charge is 0.337 e. The fourth-order valence-corrected chi connectivity index (χ4v) is 6.42. The molecule has 20 heavy (non-hydrogen) atoms. The Morgan fingerprint density at radius 3 is 2.50 bits per heavy atom. The maximum absolute atomic E-state index is 13.3. The van der Waals surface area contributed by atoms with Crippen LogP contribution < -0.4 is 5.32 Å². The molecule has 1 N–H and O–H groups in total. The van der Waals surface area contributed by atoms with Gasteiger partial charge in [-0.1, -0.05) is 6.92 Å². The van der Waals surface area contributed by atoms with Crippen LogP contribution in [-0.4, -0.2) is 36.5 Å². The molecule has 112 valence electrons. The van der Waals surface area contributed by atoms with E-state index in [9.17, 15) is 4.79 Å². The molecule has 3 atom stereocenters. The number of piperazine rings is 1. The number of hydrogen-bond donors (Lipinski definition) is 1. The Labute approximate surface area is 122 Å². The van der Waals surface area contributed by atoms with E-state index in [-0.39, 0.29) is 5.41 Å². The third-order valence-electron chi connectivity index (χ3n) is 6.57. The second-order valence-electron chi connectivity index (χ2n) is 8.60. The minimum Gasteiger partial charge on any atom is -0.337 e. The summed E-state index contributed by atoms with van der Waals surface area (Å²) >= 11 is 0. The summed E-state index contributed by atoms with van der Waals surface area (Å²) in [4.78, 5) is 15.5. The van der Waals surface area contributed by atoms with Gasteiger partial charge in [0, 0.05) is 25.7 Å². The molecule has 0 aromatic rings. The van der Waals surface area contributed by atoms with Crippen LogP contribution in [0.2, 0.25) is 0 Å². The Kier molecular flexibility index (Phi) is 2.77. The van der Waals surface area contributed by atoms with Crippen molar-refractivity contribution in [1.29, 1.82) is 0 Å². The number of rotatable bonds is 1. The van der Waals surface area contributed by atoms with Gasteiger partial charge in [-0.25, -0.2) is 0 Å². The number of nitrogens with zero attached hydrogens (tertiary/aromatic N) is 1. The lowest BCUT2D eigenvalue weighted by Crippen LogP contribution is -2.61. The van der Waals surface area contributed by atoms with Gasteiger partial charge in [0.2, 0.25) is 5.91 Å². The predicted molar refractivity (Wildman–Crippen MR) is 79.3 cm³/mol. The van der Waals surface area contributed by atoms with Gasteiger partial charge in [-0.15, -0.1) is 0 Å². The van der Waals surface area contributed by atoms with Gasteiger partial charge in [0.05, 0.1) is 5.41 Å². The molecular weight excluding hydrogens is 248 g/mol. The second-order valence-corrected chi connectivity index (χ2v) is 8.60. The van der Waals surface area contributed by atoms with Gasteiger partial charge in [0.1, 0.15) is 0 Å². The lowest BCUT2D eigenvalue weighted by Gasteiger charge is -2.61. The molecule has 5 aliphatic rings. The molecule has 1 amide bonds. The summed E-state index contributed by atoms with van der Waals surface area (Å²) < 4.78 is 0. The maximum atomic E-state index is 13.3. The van der Waals surface area contributed by atoms with Crippen LogP contribution in [0.1, 0.15) is 52.4 Å². The topological polar surface area (TPSA) is 32.3 Å². The zero-order valence-electron chi connectivity index (χ0n) is 13.0. The summed E-state index contributed by atoms with van der Waals surface area (Å²) in [7, 11) is 0. The Hall–Kier alpha value is -0.570. The van der Waals surface area contributed by atoms with Crippen molar-refractivity contribution in [2.75, 3.05) is 19.6 Å². The molecule has 2 unspecified atom stereocenters. The van der Waals surface area contributed by atoms with Crippen LogP contribution in [0.15, 0.2) is 0 Å². The Bertz CT molecular complexity index is 419. The number of carbonyl (C=O) groups excluding carboxylic acids is 1. The van der Waals surface area contributed by atoms with Gasteiger partial charge < -0.3 is 10.2 Å². The van der Waals surface area contributed by atoms with E-state index in [0.29, 0.717) is 17.4 Å². The lowest BCUT2D eigenvalue weighted by molar-refractivity contribution is -0.168. The fourth-order valence-electron chi connectivity index (χ4n) is 6.42. The summed E-state index contributed by atoms with van der Waals surface area (Å²) in [6.07, 6.45) is 7.72. The zero-order chi connectivity index (χ0) is 14.0. The van der Waals surface area contributed by atoms with Crippen molar-refractivity contribution in [2.24, 2.45) is 22.7 Å². The average Bonchev–Trinajstić information content (AvgIpc) is 2.35. The van der Waals surface area contributed by atoms with E-state index in [0.717, 1.165) is 31.5 Å². The quantitative estimate of drug-likeness (QED) is 0.797. The SMILES string of the molecule is C[C@H]1CNCCN1C(=O)C12CC3CC(CC(C)(C3)C1)C2. The Morgan fingerprint density at radius 1 is 1.20 bits per heavy atom. The fraction of sp³-hybridized carbons (Fsp3) is 0.941. The molecule has 0 aromatic carbocycles. The van der Waals surface area contributed by atoms with Crippen molar-refractivity contribution < 1.29 is 4.79 Å². The minimum absolute atomic E-state index is 0.0183. The second kappa shape index (κ2) is 4.22. The van der Waals surface area contributed by atoms with Gasteiger partial charge in [0.25, 0.3) is 0 Å². The molecule has 3 heteroatoms. The summed E-state index contributed by atoms with van der Waals surface area (Å²) in [5.41, 5.74) is 0.488. The minimum atomic E-state index is 0.0183. The first kappa shape index (κ1) is 13.1. The van der Waals surface area contributed by atoms with E-state index in [2.05, 4.69) is 24.1 Å². The highest BCUT2D eigenvalue weighted by Crippen LogP contribution is 2.65. The summed E-state index contributed by atoms with van der Waals surface area (Å²) in [5.74, 6) is 2.18. The highest BCUT2D eigenvalue weighted by Gasteiger charge is 2.59. The van der Waals surface area contributed by atoms with Crippen molar-refractivity contribution >= 4 is 5.91 Å². The summed E-state index contributed by atoms with van der Waals surface area (Å²) in [5, 5.41) is 3.41. The van der Waals surface area contributed by atoms with Crippen molar-refractivity contribution in [3.8, 4) is 0 Å². The molecule has 1 aliphatic heterocycles. The monoisotopic (exact) mass is 276 g/mol. The van der Waals surface area contributed by atoms with Gasteiger partial charge in [-0.2, -0.15) is 0 Å². The average molecular weight is 276 g/mol. The van der Waals surface area contributed by atoms with E-state index < -0.39 is 0 Å². The number of nitrogens with one attached hydrogen (secondary N) is 1. The maximum Gasteiger partial charge on any atom is 0.229 e. The van der Waals surface area contributed by atoms with Crippen molar-refractivity contribution in [1.82, 2.24) is 10.2 Å². The standard InChI is InChI=1S/C17H28N2O/c1-12-10-18-3-4-19(12)15(20)17-8-13-5-14(9-17)7-16(2,6-13)11-17/h12-14,18H,3-11H2,1-2H3/t12-,13?,14?,16?,17?/m0/s1. The van der Waals surface area contributed by atoms with Crippen LogP contribution in [0.4, 0.5) is 0 Å². The van der Waals surface area contributed by atoms with Crippen LogP contribution in [0.5, 0.6) is 0 Å². The summed E-state index contributed by atoms with van der Waals surface area (Å²) in [6.45, 7) is 7.50. The highest BCUT2D eigenvalue weighted by atomic mass is 16.2. The highest BCUT2D eigenvalue weighted by molar-refractivity contribution is 5.84. The molecule has 5 rings (SSSR count). The van der Waals surface area contributed by atoms with Crippen LogP contribution in [-0.2, 0) is 4.79 Å². The first-order valence-electron chi connectivity index (χ1n) is 8.52. The third kappa shape index (κ3) is 1.85. The zero-order valence-corrected chi connectivity index (χ0v) is 13.0. The van der Waals surface area contributed by atoms with E-state index in [4.69, 9.17) is 0 Å². The number of carbonyl (C=O) groups is 1. The molecule has 4 aliphatic carbocycles. The molecular formula is C17H28N2O. The Balaban J connectivity index is 1.62. The van der Waals surface area contributed by atoms with E-state index in [1.807, 2.05) is 0 Å². The normalized spacial score (nSPS) is 50.5. The molecule has 3 nitrogen and oxygen atoms in total. The van der Waals surface area contributed by atoms with Gasteiger partial charge in [-0.3, -0.25) is 4.79 Å². The molecule has 0 radical (unpaired) electrons. The van der Waals surface area contributed by atoms with E-state index >= 15 is 0 Å². The number of hydrogen-bond acceptors (Lipinski definition) is 2. The van der Waals surface area contributed by atoms with Gasteiger partial charge in [0.15, 0.2) is 0 Å². The Morgan fingerprint density at radius 2 is 1.90 bits per heavy atom. The summed E-state index contributed by atoms with van der Waals surface area (Å²) in [6, 6.07) is 0.372. The van der Waals surface area contributed by atoms with Crippen LogP contribution in [0, 0.1) is 22.7 Å². The van der Waals surface area contributed by atoms with Gasteiger partial charge in [-0.05, 0) is 62.7 Å². The molecule has 4 bridgehead atoms. The first-order valence-corrected chi connectivity index (χ1v) is 8.52. The first-order chi connectivity index (χ1) is 9.50. The number of amides is 1. The van der Waals surface area contributed by atoms with Crippen LogP contribution in [0.25, 0.3) is 0 Å². The van der Waals surface area contributed by atoms with Crippen molar-refractivity contribution in [3.63, 3.8) is 0 Å². The smallest absolute Gasteiger partial charge is 0.229 e. The molecule has 5 fully saturated rings. The molecule has 1 heterocycles. The molecule has 4 saturated carbocycles.